The van der Waals surface area contributed by atoms with Crippen molar-refractivity contribution in [3.8, 4) is 6.07 Å². The van der Waals surface area contributed by atoms with Gasteiger partial charge in [-0.15, -0.1) is 12.4 Å². The molecule has 0 amide bonds. The van der Waals surface area contributed by atoms with Crippen LogP contribution in [0.5, 0.6) is 0 Å². The Hall–Kier alpha value is -3.47. The molecule has 0 saturated carbocycles. The Bertz CT molecular complexity index is 1390. The number of nitriles is 1. The molecule has 0 spiro atoms. The number of hydrogen-bond donors (Lipinski definition) is 2. The lowest BCUT2D eigenvalue weighted by atomic mass is 10.0. The summed E-state index contributed by atoms with van der Waals surface area (Å²) in [6.45, 7) is 6.82. The molecule has 0 atom stereocenters. The zero-order chi connectivity index (χ0) is 23.7. The second kappa shape index (κ2) is 10.4. The largest absolute Gasteiger partial charge is 0.475 e. The monoisotopic (exact) mass is 492 g/mol. The summed E-state index contributed by atoms with van der Waals surface area (Å²) in [6, 6.07) is 14.0. The lowest BCUT2D eigenvalue weighted by molar-refractivity contribution is 0.0664. The number of carboxylic acid groups (broad SMARTS) is 1. The van der Waals surface area contributed by atoms with Crippen LogP contribution in [-0.4, -0.2) is 53.7 Å². The van der Waals surface area contributed by atoms with Crippen molar-refractivity contribution in [1.29, 1.82) is 5.26 Å². The predicted octanol–water partition coefficient (Wildman–Crippen LogP) is 5.36. The number of benzene rings is 2. The first-order valence-electron chi connectivity index (χ1n) is 11.8. The minimum Gasteiger partial charge on any atom is -0.475 e. The number of carbonyl (C=O) groups is 1. The van der Waals surface area contributed by atoms with E-state index in [1.165, 1.54) is 5.56 Å². The second-order valence-corrected chi connectivity index (χ2v) is 9.01. The van der Waals surface area contributed by atoms with Crippen LogP contribution < -0.4 is 4.90 Å². The maximum absolute atomic E-state index is 11.3. The molecule has 2 N–H and O–H groups in total. The molecule has 35 heavy (non-hydrogen) atoms. The highest BCUT2D eigenvalue weighted by Gasteiger charge is 2.20. The smallest absolute Gasteiger partial charge is 0.372 e. The number of nitrogens with zero attached hydrogens (tertiary/aromatic N) is 3. The third kappa shape index (κ3) is 5.00. The van der Waals surface area contributed by atoms with Gasteiger partial charge in [0.25, 0.3) is 0 Å². The number of halogens is 1. The topological polar surface area (TPSA) is 96.5 Å². The number of fused-ring (bicyclic) bond motifs is 2. The van der Waals surface area contributed by atoms with E-state index >= 15 is 0 Å². The molecule has 1 aliphatic heterocycles. The van der Waals surface area contributed by atoms with Gasteiger partial charge >= 0.3 is 5.97 Å². The molecular weight excluding hydrogens is 464 g/mol. The molecule has 2 aromatic carbocycles. The number of aryl methyl sites for hydroxylation is 2. The van der Waals surface area contributed by atoms with Crippen molar-refractivity contribution in [1.82, 2.24) is 9.88 Å². The van der Waals surface area contributed by atoms with E-state index in [0.717, 1.165) is 74.0 Å². The van der Waals surface area contributed by atoms with Crippen LogP contribution in [0.3, 0.4) is 0 Å². The number of hydrogen-bond acceptors (Lipinski definition) is 5. The average molecular weight is 493 g/mol. The first kappa shape index (κ1) is 24.6. The van der Waals surface area contributed by atoms with E-state index in [1.807, 2.05) is 30.3 Å². The molecule has 4 aromatic rings. The molecule has 7 nitrogen and oxygen atoms in total. The number of rotatable bonds is 7. The van der Waals surface area contributed by atoms with Crippen LogP contribution in [-0.2, 0) is 6.42 Å². The Kier molecular flexibility index (Phi) is 7.34. The van der Waals surface area contributed by atoms with Gasteiger partial charge in [-0.1, -0.05) is 0 Å². The Morgan fingerprint density at radius 2 is 1.91 bits per heavy atom. The highest BCUT2D eigenvalue weighted by atomic mass is 35.5. The quantitative estimate of drug-likeness (QED) is 0.337. The van der Waals surface area contributed by atoms with Crippen LogP contribution in [0.2, 0.25) is 0 Å². The average Bonchev–Trinajstić information content (AvgIpc) is 3.42. The number of furan rings is 1. The summed E-state index contributed by atoms with van der Waals surface area (Å²) < 4.78 is 5.49. The number of aromatic amines is 1. The van der Waals surface area contributed by atoms with E-state index < -0.39 is 5.97 Å². The van der Waals surface area contributed by atoms with Crippen LogP contribution in [0.1, 0.15) is 40.1 Å². The third-order valence-electron chi connectivity index (χ3n) is 6.92. The summed E-state index contributed by atoms with van der Waals surface area (Å²) in [4.78, 5) is 19.5. The summed E-state index contributed by atoms with van der Waals surface area (Å²) in [6.07, 6.45) is 5.34. The van der Waals surface area contributed by atoms with Crippen molar-refractivity contribution in [2.75, 3.05) is 37.6 Å². The highest BCUT2D eigenvalue weighted by molar-refractivity contribution is 5.96. The van der Waals surface area contributed by atoms with Crippen molar-refractivity contribution in [2.24, 2.45) is 0 Å². The molecule has 8 heteroatoms. The first-order chi connectivity index (χ1) is 16.5. The predicted molar refractivity (Wildman–Crippen MR) is 140 cm³/mol. The van der Waals surface area contributed by atoms with Gasteiger partial charge in [-0.05, 0) is 74.7 Å². The van der Waals surface area contributed by atoms with Crippen LogP contribution in [0.25, 0.3) is 21.9 Å². The summed E-state index contributed by atoms with van der Waals surface area (Å²) in [5.74, 6) is -1.00. The number of piperazine rings is 1. The molecule has 1 saturated heterocycles. The lowest BCUT2D eigenvalue weighted by Gasteiger charge is -2.36. The van der Waals surface area contributed by atoms with Gasteiger partial charge in [0, 0.05) is 59.9 Å². The first-order valence-corrected chi connectivity index (χ1v) is 11.8. The van der Waals surface area contributed by atoms with Gasteiger partial charge in [-0.25, -0.2) is 4.79 Å². The van der Waals surface area contributed by atoms with Gasteiger partial charge in [0.15, 0.2) is 0 Å². The fourth-order valence-electron chi connectivity index (χ4n) is 4.94. The van der Waals surface area contributed by atoms with Crippen LogP contribution in [0.15, 0.2) is 47.0 Å². The minimum atomic E-state index is -1.03. The molecular formula is C27H29ClN4O3. The summed E-state index contributed by atoms with van der Waals surface area (Å²) in [5.41, 5.74) is 5.50. The number of unbranched alkanes of at least 4 members (excludes halogenated alkanes) is 1. The Morgan fingerprint density at radius 3 is 2.66 bits per heavy atom. The second-order valence-electron chi connectivity index (χ2n) is 9.01. The van der Waals surface area contributed by atoms with Gasteiger partial charge < -0.3 is 19.4 Å². The number of nitrogens with one attached hydrogen (secondary N) is 1. The van der Waals surface area contributed by atoms with Gasteiger partial charge in [0.1, 0.15) is 5.58 Å². The SMILES string of the molecule is Cc1c(C(=O)O)oc2ccc(N3CCN(CCCCc4c[nH]c5ccc(C#N)cc45)CC3)cc12.Cl. The Labute approximate surface area is 210 Å². The van der Waals surface area contributed by atoms with Gasteiger partial charge in [-0.2, -0.15) is 5.26 Å². The van der Waals surface area contributed by atoms with Crippen molar-refractivity contribution in [3.05, 3.63) is 65.0 Å². The van der Waals surface area contributed by atoms with E-state index in [9.17, 15) is 9.90 Å². The Morgan fingerprint density at radius 1 is 1.11 bits per heavy atom. The molecule has 1 aliphatic rings. The number of H-pyrrole nitrogens is 1. The fourth-order valence-corrected chi connectivity index (χ4v) is 4.94. The number of aromatic carboxylic acids is 1. The molecule has 2 aromatic heterocycles. The van der Waals surface area contributed by atoms with E-state index in [2.05, 4.69) is 33.1 Å². The molecule has 5 rings (SSSR count). The summed E-state index contributed by atoms with van der Waals surface area (Å²) in [7, 11) is 0. The van der Waals surface area contributed by atoms with E-state index in [1.54, 1.807) is 6.92 Å². The zero-order valence-corrected chi connectivity index (χ0v) is 20.5. The Balaban J connectivity index is 0.00000289. The molecule has 3 heterocycles. The number of carboxylic acids is 1. The summed E-state index contributed by atoms with van der Waals surface area (Å²) in [5, 5.41) is 20.5. The fraction of sp³-hybridized carbons (Fsp3) is 0.333. The van der Waals surface area contributed by atoms with E-state index in [-0.39, 0.29) is 18.2 Å². The van der Waals surface area contributed by atoms with Crippen LogP contribution in [0, 0.1) is 18.3 Å². The van der Waals surface area contributed by atoms with Gasteiger partial charge in [-0.3, -0.25) is 4.90 Å². The molecule has 0 unspecified atom stereocenters. The molecule has 0 bridgehead atoms. The van der Waals surface area contributed by atoms with Crippen molar-refractivity contribution in [3.63, 3.8) is 0 Å². The standard InChI is InChI=1S/C27H28N4O3.ClH/c1-18-22-15-21(6-8-25(22)34-26(18)27(32)33)31-12-10-30(11-13-31)9-3-2-4-20-17-29-24-7-5-19(16-28)14-23(20)24;/h5-8,14-15,17,29H,2-4,9-13H2,1H3,(H,32,33);1H. The minimum absolute atomic E-state index is 0. The lowest BCUT2D eigenvalue weighted by Crippen LogP contribution is -2.46. The normalized spacial score (nSPS) is 14.2. The zero-order valence-electron chi connectivity index (χ0n) is 19.7. The van der Waals surface area contributed by atoms with Gasteiger partial charge in [0.2, 0.25) is 5.76 Å². The van der Waals surface area contributed by atoms with Crippen molar-refractivity contribution < 1.29 is 14.3 Å². The molecule has 1 fully saturated rings. The highest BCUT2D eigenvalue weighted by Crippen LogP contribution is 2.30. The van der Waals surface area contributed by atoms with Gasteiger partial charge in [0.05, 0.1) is 11.6 Å². The van der Waals surface area contributed by atoms with Crippen LogP contribution >= 0.6 is 12.4 Å². The van der Waals surface area contributed by atoms with E-state index in [4.69, 9.17) is 9.68 Å². The maximum Gasteiger partial charge on any atom is 0.372 e. The molecule has 0 radical (unpaired) electrons. The molecule has 0 aliphatic carbocycles. The number of anilines is 1. The van der Waals surface area contributed by atoms with Crippen molar-refractivity contribution in [2.45, 2.75) is 26.2 Å². The third-order valence-corrected chi connectivity index (χ3v) is 6.92. The summed E-state index contributed by atoms with van der Waals surface area (Å²) >= 11 is 0. The number of aromatic nitrogens is 1. The molecule has 182 valence electrons. The van der Waals surface area contributed by atoms with E-state index in [0.29, 0.717) is 16.7 Å². The van der Waals surface area contributed by atoms with Crippen LogP contribution in [0.4, 0.5) is 5.69 Å². The maximum atomic E-state index is 11.3. The van der Waals surface area contributed by atoms with Crippen molar-refractivity contribution >= 4 is 45.9 Å².